The van der Waals surface area contributed by atoms with Gasteiger partial charge in [0.25, 0.3) is 0 Å². The van der Waals surface area contributed by atoms with E-state index in [1.807, 2.05) is 25.1 Å². The van der Waals surface area contributed by atoms with Crippen LogP contribution in [0.25, 0.3) is 0 Å². The fourth-order valence-corrected chi connectivity index (χ4v) is 3.06. The number of anilines is 3. The molecule has 0 saturated heterocycles. The largest absolute Gasteiger partial charge is 0.399 e. The van der Waals surface area contributed by atoms with Gasteiger partial charge in [-0.3, -0.25) is 0 Å². The number of sulfonamides is 1. The number of primary sulfonamides is 1. The van der Waals surface area contributed by atoms with E-state index < -0.39 is 10.0 Å². The summed E-state index contributed by atoms with van der Waals surface area (Å²) in [6, 6.07) is 10.2. The maximum Gasteiger partial charge on any atom is 0.240 e. The van der Waals surface area contributed by atoms with Crippen molar-refractivity contribution in [1.82, 2.24) is 0 Å². The third kappa shape index (κ3) is 3.30. The van der Waals surface area contributed by atoms with Crippen molar-refractivity contribution >= 4 is 43.0 Å². The zero-order valence-electron chi connectivity index (χ0n) is 10.7. The standard InChI is InChI=1S/C13H14BrN3O2S/c1-8-2-4-11(10(14)6-8)17-12-5-3-9(15)7-13(12)20(16,18)19/h2-7,17H,15H2,1H3,(H2,16,18,19). The van der Waals surface area contributed by atoms with Gasteiger partial charge in [0.1, 0.15) is 4.90 Å². The highest BCUT2D eigenvalue weighted by atomic mass is 79.9. The van der Waals surface area contributed by atoms with Gasteiger partial charge in [-0.15, -0.1) is 0 Å². The maximum atomic E-state index is 11.6. The Balaban J connectivity index is 2.49. The summed E-state index contributed by atoms with van der Waals surface area (Å²) in [5.41, 5.74) is 8.16. The van der Waals surface area contributed by atoms with E-state index in [4.69, 9.17) is 10.9 Å². The number of aryl methyl sites for hydroxylation is 1. The van der Waals surface area contributed by atoms with Gasteiger partial charge in [0, 0.05) is 10.2 Å². The lowest BCUT2D eigenvalue weighted by atomic mass is 10.2. The molecule has 0 aliphatic carbocycles. The van der Waals surface area contributed by atoms with Crippen molar-refractivity contribution in [3.63, 3.8) is 0 Å². The van der Waals surface area contributed by atoms with Crippen LogP contribution in [0.5, 0.6) is 0 Å². The average molecular weight is 356 g/mol. The van der Waals surface area contributed by atoms with Crippen molar-refractivity contribution < 1.29 is 8.42 Å². The van der Waals surface area contributed by atoms with Crippen molar-refractivity contribution in [3.05, 3.63) is 46.4 Å². The lowest BCUT2D eigenvalue weighted by molar-refractivity contribution is 0.598. The Morgan fingerprint density at radius 3 is 2.35 bits per heavy atom. The Hall–Kier alpha value is -1.57. The summed E-state index contributed by atoms with van der Waals surface area (Å²) >= 11 is 3.43. The first-order chi connectivity index (χ1) is 9.27. The van der Waals surface area contributed by atoms with Gasteiger partial charge in [-0.1, -0.05) is 6.07 Å². The molecule has 0 heterocycles. The maximum absolute atomic E-state index is 11.6. The molecular formula is C13H14BrN3O2S. The molecule has 0 aliphatic rings. The molecule has 0 aliphatic heterocycles. The highest BCUT2D eigenvalue weighted by molar-refractivity contribution is 9.10. The first-order valence-electron chi connectivity index (χ1n) is 5.73. The van der Waals surface area contributed by atoms with E-state index in [9.17, 15) is 8.42 Å². The molecule has 0 aromatic heterocycles. The van der Waals surface area contributed by atoms with Crippen molar-refractivity contribution in [2.45, 2.75) is 11.8 Å². The SMILES string of the molecule is Cc1ccc(Nc2ccc(N)cc2S(N)(=O)=O)c(Br)c1. The molecule has 0 fully saturated rings. The molecule has 0 radical (unpaired) electrons. The molecule has 2 rings (SSSR count). The smallest absolute Gasteiger partial charge is 0.240 e. The van der Waals surface area contributed by atoms with Crippen LogP contribution >= 0.6 is 15.9 Å². The topological polar surface area (TPSA) is 98.2 Å². The Bertz CT molecular complexity index is 760. The fraction of sp³-hybridized carbons (Fsp3) is 0.0769. The Labute approximate surface area is 126 Å². The summed E-state index contributed by atoms with van der Waals surface area (Å²) in [6.45, 7) is 1.97. The second-order valence-corrected chi connectivity index (χ2v) is 6.79. The second kappa shape index (κ2) is 5.43. The molecule has 5 N–H and O–H groups in total. The van der Waals surface area contributed by atoms with Crippen molar-refractivity contribution in [2.75, 3.05) is 11.1 Å². The van der Waals surface area contributed by atoms with Crippen molar-refractivity contribution in [1.29, 1.82) is 0 Å². The summed E-state index contributed by atoms with van der Waals surface area (Å²) < 4.78 is 24.0. The minimum Gasteiger partial charge on any atom is -0.399 e. The van der Waals surface area contributed by atoms with E-state index in [0.29, 0.717) is 11.4 Å². The number of halogens is 1. The van der Waals surface area contributed by atoms with Crippen LogP contribution in [0, 0.1) is 6.92 Å². The minimum atomic E-state index is -3.85. The van der Waals surface area contributed by atoms with E-state index in [1.165, 1.54) is 6.07 Å². The molecule has 5 nitrogen and oxygen atoms in total. The Morgan fingerprint density at radius 1 is 1.10 bits per heavy atom. The van der Waals surface area contributed by atoms with E-state index in [1.54, 1.807) is 12.1 Å². The number of benzene rings is 2. The van der Waals surface area contributed by atoms with Gasteiger partial charge in [0.15, 0.2) is 0 Å². The summed E-state index contributed by atoms with van der Waals surface area (Å²) in [5, 5.41) is 8.25. The number of hydrogen-bond acceptors (Lipinski definition) is 4. The molecule has 0 unspecified atom stereocenters. The van der Waals surface area contributed by atoms with Crippen LogP contribution in [0.3, 0.4) is 0 Å². The average Bonchev–Trinajstić information content (AvgIpc) is 2.33. The van der Waals surface area contributed by atoms with Gasteiger partial charge < -0.3 is 11.1 Å². The first kappa shape index (κ1) is 14.8. The quantitative estimate of drug-likeness (QED) is 0.737. The van der Waals surface area contributed by atoms with E-state index in [2.05, 4.69) is 21.2 Å². The number of nitrogens with one attached hydrogen (secondary N) is 1. The van der Waals surface area contributed by atoms with Gasteiger partial charge in [-0.05, 0) is 58.7 Å². The van der Waals surface area contributed by atoms with Crippen LogP contribution in [0.4, 0.5) is 17.1 Å². The van der Waals surface area contributed by atoms with Crippen LogP contribution < -0.4 is 16.2 Å². The molecule has 0 bridgehead atoms. The fourth-order valence-electron chi connectivity index (χ4n) is 1.74. The molecule has 0 saturated carbocycles. The molecule has 2 aromatic rings. The third-order valence-electron chi connectivity index (χ3n) is 2.71. The molecular weight excluding hydrogens is 342 g/mol. The normalized spacial score (nSPS) is 11.3. The van der Waals surface area contributed by atoms with E-state index in [-0.39, 0.29) is 4.90 Å². The highest BCUT2D eigenvalue weighted by Crippen LogP contribution is 2.30. The number of nitrogen functional groups attached to an aromatic ring is 1. The molecule has 0 amide bonds. The highest BCUT2D eigenvalue weighted by Gasteiger charge is 2.15. The number of hydrogen-bond donors (Lipinski definition) is 3. The number of rotatable bonds is 3. The zero-order chi connectivity index (χ0) is 14.9. The van der Waals surface area contributed by atoms with Crippen molar-refractivity contribution in [2.24, 2.45) is 5.14 Å². The summed E-state index contributed by atoms with van der Waals surface area (Å²) in [7, 11) is -3.85. The van der Waals surface area contributed by atoms with E-state index in [0.717, 1.165) is 15.7 Å². The lowest BCUT2D eigenvalue weighted by Gasteiger charge is -2.13. The first-order valence-corrected chi connectivity index (χ1v) is 8.07. The van der Waals surface area contributed by atoms with Crippen LogP contribution in [0.1, 0.15) is 5.56 Å². The number of nitrogens with two attached hydrogens (primary N) is 2. The lowest BCUT2D eigenvalue weighted by Crippen LogP contribution is -2.14. The van der Waals surface area contributed by atoms with E-state index >= 15 is 0 Å². The Morgan fingerprint density at radius 2 is 1.75 bits per heavy atom. The van der Waals surface area contributed by atoms with Crippen molar-refractivity contribution in [3.8, 4) is 0 Å². The molecule has 0 spiro atoms. The van der Waals surface area contributed by atoms with Gasteiger partial charge in [0.2, 0.25) is 10.0 Å². The predicted octanol–water partition coefficient (Wildman–Crippen LogP) is 2.73. The summed E-state index contributed by atoms with van der Waals surface area (Å²) in [5.74, 6) is 0. The van der Waals surface area contributed by atoms with Gasteiger partial charge in [-0.25, -0.2) is 13.6 Å². The Kier molecular flexibility index (Phi) is 4.03. The monoisotopic (exact) mass is 355 g/mol. The van der Waals surface area contributed by atoms with Crippen LogP contribution in [-0.2, 0) is 10.0 Å². The van der Waals surface area contributed by atoms with Crippen LogP contribution in [-0.4, -0.2) is 8.42 Å². The van der Waals surface area contributed by atoms with Gasteiger partial charge in [0.05, 0.1) is 11.4 Å². The molecule has 0 atom stereocenters. The second-order valence-electron chi connectivity index (χ2n) is 4.41. The predicted molar refractivity (Wildman–Crippen MR) is 84.4 cm³/mol. The third-order valence-corrected chi connectivity index (χ3v) is 4.31. The molecule has 7 heteroatoms. The molecule has 20 heavy (non-hydrogen) atoms. The molecule has 2 aromatic carbocycles. The van der Waals surface area contributed by atoms with Gasteiger partial charge in [-0.2, -0.15) is 0 Å². The molecule has 106 valence electrons. The summed E-state index contributed by atoms with van der Waals surface area (Å²) in [4.78, 5) is -0.0371. The van der Waals surface area contributed by atoms with Gasteiger partial charge >= 0.3 is 0 Å². The van der Waals surface area contributed by atoms with Crippen LogP contribution in [0.15, 0.2) is 45.8 Å². The minimum absolute atomic E-state index is 0.0371. The summed E-state index contributed by atoms with van der Waals surface area (Å²) in [6.07, 6.45) is 0. The zero-order valence-corrected chi connectivity index (χ0v) is 13.1. The van der Waals surface area contributed by atoms with Crippen LogP contribution in [0.2, 0.25) is 0 Å².